The van der Waals surface area contributed by atoms with Crippen molar-refractivity contribution < 1.29 is 19.1 Å². The Labute approximate surface area is 158 Å². The molecule has 2 rings (SSSR count). The Bertz CT molecular complexity index is 775. The summed E-state index contributed by atoms with van der Waals surface area (Å²) in [6.07, 6.45) is -0.749. The zero-order valence-corrected chi connectivity index (χ0v) is 15.5. The van der Waals surface area contributed by atoms with Crippen LogP contribution in [0.15, 0.2) is 60.7 Å². The van der Waals surface area contributed by atoms with Crippen LogP contribution < -0.4 is 5.73 Å². The fraction of sp³-hybridized carbons (Fsp3) is 0.286. The Hall–Kier alpha value is -3.15. The van der Waals surface area contributed by atoms with E-state index in [1.54, 1.807) is 44.2 Å². The van der Waals surface area contributed by atoms with E-state index in [2.05, 4.69) is 0 Å². The van der Waals surface area contributed by atoms with Gasteiger partial charge in [0.25, 0.3) is 0 Å². The number of Topliss-reactive ketones (excluding diaryl/α,β-unsaturated/α-hetero) is 1. The van der Waals surface area contributed by atoms with Gasteiger partial charge >= 0.3 is 6.09 Å². The lowest BCUT2D eigenvalue weighted by molar-refractivity contribution is -0.124. The lowest BCUT2D eigenvalue weighted by Gasteiger charge is -2.31. The van der Waals surface area contributed by atoms with E-state index in [0.717, 1.165) is 10.5 Å². The lowest BCUT2D eigenvalue weighted by Crippen LogP contribution is -2.52. The number of ether oxygens (including phenoxy) is 1. The maximum atomic E-state index is 12.7. The maximum Gasteiger partial charge on any atom is 0.411 e. The normalized spacial score (nSPS) is 11.7. The van der Waals surface area contributed by atoms with E-state index in [1.807, 2.05) is 30.3 Å². The number of ketones is 1. The fourth-order valence-electron chi connectivity index (χ4n) is 2.79. The second-order valence-corrected chi connectivity index (χ2v) is 6.55. The third-order valence-electron chi connectivity index (χ3n) is 4.11. The third kappa shape index (κ3) is 5.67. The molecule has 0 aromatic heterocycles. The van der Waals surface area contributed by atoms with Gasteiger partial charge in [0.05, 0.1) is 6.54 Å². The minimum atomic E-state index is -0.944. The summed E-state index contributed by atoms with van der Waals surface area (Å²) in [5.74, 6) is -1.24. The van der Waals surface area contributed by atoms with Crippen LogP contribution in [0.2, 0.25) is 0 Å². The summed E-state index contributed by atoms with van der Waals surface area (Å²) in [4.78, 5) is 38.3. The van der Waals surface area contributed by atoms with Gasteiger partial charge in [-0.15, -0.1) is 0 Å². The summed E-state index contributed by atoms with van der Waals surface area (Å²) < 4.78 is 5.34. The predicted molar refractivity (Wildman–Crippen MR) is 102 cm³/mol. The highest BCUT2D eigenvalue weighted by Gasteiger charge is 2.33. The number of carbonyl (C=O) groups excluding carboxylic acids is 3. The molecule has 1 unspecified atom stereocenters. The van der Waals surface area contributed by atoms with Crippen molar-refractivity contribution in [2.45, 2.75) is 26.5 Å². The Balaban J connectivity index is 2.19. The van der Waals surface area contributed by atoms with Gasteiger partial charge in [0.1, 0.15) is 12.6 Å². The van der Waals surface area contributed by atoms with Crippen LogP contribution in [0.4, 0.5) is 4.79 Å². The van der Waals surface area contributed by atoms with Gasteiger partial charge in [0, 0.05) is 5.56 Å². The van der Waals surface area contributed by atoms with Gasteiger partial charge in [-0.25, -0.2) is 4.79 Å². The van der Waals surface area contributed by atoms with Gasteiger partial charge in [-0.1, -0.05) is 74.5 Å². The minimum Gasteiger partial charge on any atom is -0.445 e. The van der Waals surface area contributed by atoms with Crippen molar-refractivity contribution in [3.05, 3.63) is 71.8 Å². The second kappa shape index (κ2) is 9.52. The van der Waals surface area contributed by atoms with Crippen LogP contribution in [0.1, 0.15) is 29.8 Å². The second-order valence-electron chi connectivity index (χ2n) is 6.55. The minimum absolute atomic E-state index is 0.0410. The molecule has 0 bridgehead atoms. The van der Waals surface area contributed by atoms with Gasteiger partial charge in [0.2, 0.25) is 5.91 Å². The van der Waals surface area contributed by atoms with Gasteiger partial charge in [-0.2, -0.15) is 0 Å². The maximum absolute atomic E-state index is 12.7. The summed E-state index contributed by atoms with van der Waals surface area (Å²) in [5.41, 5.74) is 6.75. The van der Waals surface area contributed by atoms with E-state index in [0.29, 0.717) is 5.56 Å². The molecule has 6 heteroatoms. The Morgan fingerprint density at radius 3 is 2.04 bits per heavy atom. The first-order valence-electron chi connectivity index (χ1n) is 8.75. The third-order valence-corrected chi connectivity index (χ3v) is 4.11. The molecule has 0 saturated carbocycles. The SMILES string of the molecule is CC(C)C(C(N)=O)N(CC(=O)c1ccccc1)C(=O)OCc1ccccc1. The summed E-state index contributed by atoms with van der Waals surface area (Å²) >= 11 is 0. The number of rotatable bonds is 8. The molecule has 0 spiro atoms. The summed E-state index contributed by atoms with van der Waals surface area (Å²) in [7, 11) is 0. The smallest absolute Gasteiger partial charge is 0.411 e. The average molecular weight is 368 g/mol. The molecular formula is C21H24N2O4. The number of benzene rings is 2. The molecule has 6 nitrogen and oxygen atoms in total. The van der Waals surface area contributed by atoms with Gasteiger partial charge in [-0.3, -0.25) is 14.5 Å². The topological polar surface area (TPSA) is 89.7 Å². The highest BCUT2D eigenvalue weighted by Crippen LogP contribution is 2.15. The standard InChI is InChI=1S/C21H24N2O4/c1-15(2)19(20(22)25)23(13-18(24)17-11-7-4-8-12-17)21(26)27-14-16-9-5-3-6-10-16/h3-12,15,19H,13-14H2,1-2H3,(H2,22,25). The quantitative estimate of drug-likeness (QED) is 0.725. The van der Waals surface area contributed by atoms with E-state index in [-0.39, 0.29) is 24.9 Å². The van der Waals surface area contributed by atoms with E-state index in [1.165, 1.54) is 0 Å². The molecule has 27 heavy (non-hydrogen) atoms. The van der Waals surface area contributed by atoms with Crippen molar-refractivity contribution in [2.24, 2.45) is 11.7 Å². The number of nitrogens with zero attached hydrogens (tertiary/aromatic N) is 1. The van der Waals surface area contributed by atoms with E-state index in [4.69, 9.17) is 10.5 Å². The highest BCUT2D eigenvalue weighted by molar-refractivity contribution is 5.99. The molecule has 2 amide bonds. The van der Waals surface area contributed by atoms with Crippen molar-refractivity contribution >= 4 is 17.8 Å². The molecule has 0 saturated heterocycles. The molecule has 0 aliphatic heterocycles. The molecule has 2 aromatic carbocycles. The number of carbonyl (C=O) groups is 3. The van der Waals surface area contributed by atoms with E-state index in [9.17, 15) is 14.4 Å². The largest absolute Gasteiger partial charge is 0.445 e. The Kier molecular flexibility index (Phi) is 7.11. The Morgan fingerprint density at radius 2 is 1.52 bits per heavy atom. The zero-order chi connectivity index (χ0) is 19.8. The molecule has 142 valence electrons. The van der Waals surface area contributed by atoms with Crippen molar-refractivity contribution in [3.8, 4) is 0 Å². The molecule has 0 aliphatic carbocycles. The van der Waals surface area contributed by atoms with Crippen molar-refractivity contribution in [2.75, 3.05) is 6.54 Å². The van der Waals surface area contributed by atoms with E-state index >= 15 is 0 Å². The van der Waals surface area contributed by atoms with Gasteiger partial charge < -0.3 is 10.5 Å². The predicted octanol–water partition coefficient (Wildman–Crippen LogP) is 3.02. The molecular weight excluding hydrogens is 344 g/mol. The molecule has 1 atom stereocenters. The number of amides is 2. The van der Waals surface area contributed by atoms with Gasteiger partial charge in [0.15, 0.2) is 5.78 Å². The Morgan fingerprint density at radius 1 is 0.963 bits per heavy atom. The van der Waals surface area contributed by atoms with Crippen LogP contribution in [0.5, 0.6) is 0 Å². The van der Waals surface area contributed by atoms with Crippen LogP contribution in [0.3, 0.4) is 0 Å². The zero-order valence-electron chi connectivity index (χ0n) is 15.5. The molecule has 0 radical (unpaired) electrons. The molecule has 2 N–H and O–H groups in total. The van der Waals surface area contributed by atoms with Crippen molar-refractivity contribution in [3.63, 3.8) is 0 Å². The summed E-state index contributed by atoms with van der Waals surface area (Å²) in [6, 6.07) is 16.8. The number of primary amides is 1. The van der Waals surface area contributed by atoms with E-state index < -0.39 is 18.0 Å². The molecule has 2 aromatic rings. The number of hydrogen-bond acceptors (Lipinski definition) is 4. The first-order chi connectivity index (χ1) is 12.9. The van der Waals surface area contributed by atoms with Crippen LogP contribution in [0, 0.1) is 5.92 Å². The molecule has 0 aliphatic rings. The average Bonchev–Trinajstić information content (AvgIpc) is 2.66. The van der Waals surface area contributed by atoms with Crippen LogP contribution >= 0.6 is 0 Å². The van der Waals surface area contributed by atoms with Crippen molar-refractivity contribution in [1.82, 2.24) is 4.90 Å². The number of nitrogens with two attached hydrogens (primary N) is 1. The van der Waals surface area contributed by atoms with Gasteiger partial charge in [-0.05, 0) is 11.5 Å². The first-order valence-corrected chi connectivity index (χ1v) is 8.75. The molecule has 0 heterocycles. The van der Waals surface area contributed by atoms with Crippen LogP contribution in [-0.2, 0) is 16.1 Å². The van der Waals surface area contributed by atoms with Crippen molar-refractivity contribution in [1.29, 1.82) is 0 Å². The lowest BCUT2D eigenvalue weighted by atomic mass is 10.0. The summed E-state index contributed by atoms with van der Waals surface area (Å²) in [6.45, 7) is 3.28. The highest BCUT2D eigenvalue weighted by atomic mass is 16.6. The first kappa shape index (κ1) is 20.2. The summed E-state index contributed by atoms with van der Waals surface area (Å²) in [5, 5.41) is 0. The molecule has 0 fully saturated rings. The fourth-order valence-corrected chi connectivity index (χ4v) is 2.79. The van der Waals surface area contributed by atoms with Crippen LogP contribution in [0.25, 0.3) is 0 Å². The monoisotopic (exact) mass is 368 g/mol. The van der Waals surface area contributed by atoms with Crippen LogP contribution in [-0.4, -0.2) is 35.3 Å². The number of hydrogen-bond donors (Lipinski definition) is 1.